The lowest BCUT2D eigenvalue weighted by atomic mass is 10.2. The van der Waals surface area contributed by atoms with Gasteiger partial charge in [-0.05, 0) is 12.1 Å². The first-order valence-electron chi connectivity index (χ1n) is 7.46. The van der Waals surface area contributed by atoms with E-state index in [1.807, 2.05) is 6.07 Å². The van der Waals surface area contributed by atoms with Gasteiger partial charge in [-0.1, -0.05) is 18.2 Å². The van der Waals surface area contributed by atoms with Crippen LogP contribution in [0.25, 0.3) is 0 Å². The number of methoxy groups -OCH3 is 1. The lowest BCUT2D eigenvalue weighted by Crippen LogP contribution is -2.51. The summed E-state index contributed by atoms with van der Waals surface area (Å²) in [5, 5.41) is 0. The Morgan fingerprint density at radius 1 is 0.957 bits per heavy atom. The predicted molar refractivity (Wildman–Crippen MR) is 81.9 cm³/mol. The molecule has 23 heavy (non-hydrogen) atoms. The van der Waals surface area contributed by atoms with Crippen LogP contribution in [0.1, 0.15) is 12.8 Å². The van der Waals surface area contributed by atoms with Crippen LogP contribution in [0, 0.1) is 0 Å². The molecule has 0 spiro atoms. The third-order valence-corrected chi connectivity index (χ3v) is 3.61. The summed E-state index contributed by atoms with van der Waals surface area (Å²) < 4.78 is 9.78. The Labute approximate surface area is 134 Å². The Morgan fingerprint density at radius 2 is 1.57 bits per heavy atom. The summed E-state index contributed by atoms with van der Waals surface area (Å²) >= 11 is 0. The Balaban J connectivity index is 1.76. The molecule has 0 aromatic heterocycles. The molecule has 0 atom stereocenters. The van der Waals surface area contributed by atoms with Crippen molar-refractivity contribution in [1.29, 1.82) is 0 Å². The number of ether oxygens (including phenoxy) is 2. The topological polar surface area (TPSA) is 76.2 Å². The molecule has 0 bridgehead atoms. The van der Waals surface area contributed by atoms with Crippen molar-refractivity contribution in [3.63, 3.8) is 0 Å². The van der Waals surface area contributed by atoms with Crippen LogP contribution >= 0.6 is 0 Å². The molecular formula is C16H20N2O5. The van der Waals surface area contributed by atoms with E-state index in [-0.39, 0.29) is 18.7 Å². The fourth-order valence-corrected chi connectivity index (χ4v) is 2.26. The standard InChI is InChI=1S/C16H20N2O5/c1-22-15(20)8-7-14(19)17-9-11-18(12-10-17)16(21)23-13-5-3-2-4-6-13/h2-6H,7-12H2,1H3. The number of benzene rings is 1. The zero-order valence-electron chi connectivity index (χ0n) is 13.1. The van der Waals surface area contributed by atoms with E-state index in [1.54, 1.807) is 34.1 Å². The van der Waals surface area contributed by atoms with Crippen LogP contribution in [0.3, 0.4) is 0 Å². The van der Waals surface area contributed by atoms with Crippen LogP contribution in [0.5, 0.6) is 5.75 Å². The number of esters is 1. The predicted octanol–water partition coefficient (Wildman–Crippen LogP) is 1.28. The average Bonchev–Trinajstić information content (AvgIpc) is 2.60. The highest BCUT2D eigenvalue weighted by Gasteiger charge is 2.25. The van der Waals surface area contributed by atoms with E-state index in [0.717, 1.165) is 0 Å². The van der Waals surface area contributed by atoms with Gasteiger partial charge in [0, 0.05) is 32.6 Å². The van der Waals surface area contributed by atoms with E-state index in [2.05, 4.69) is 4.74 Å². The lowest BCUT2D eigenvalue weighted by Gasteiger charge is -2.34. The van der Waals surface area contributed by atoms with Crippen LogP contribution in [-0.2, 0) is 14.3 Å². The zero-order chi connectivity index (χ0) is 16.7. The van der Waals surface area contributed by atoms with Gasteiger partial charge in [0.2, 0.25) is 5.91 Å². The molecule has 1 heterocycles. The Hall–Kier alpha value is -2.57. The van der Waals surface area contributed by atoms with Crippen molar-refractivity contribution in [3.8, 4) is 5.75 Å². The summed E-state index contributed by atoms with van der Waals surface area (Å²) in [5.74, 6) is -0.0102. The molecule has 2 rings (SSSR count). The van der Waals surface area contributed by atoms with Crippen molar-refractivity contribution in [3.05, 3.63) is 30.3 Å². The smallest absolute Gasteiger partial charge is 0.415 e. The molecule has 1 aliphatic rings. The molecule has 7 nitrogen and oxygen atoms in total. The van der Waals surface area contributed by atoms with Crippen molar-refractivity contribution in [1.82, 2.24) is 9.80 Å². The van der Waals surface area contributed by atoms with E-state index in [4.69, 9.17) is 4.74 Å². The van der Waals surface area contributed by atoms with Gasteiger partial charge in [-0.3, -0.25) is 9.59 Å². The molecule has 2 amide bonds. The lowest BCUT2D eigenvalue weighted by molar-refractivity contribution is -0.144. The highest BCUT2D eigenvalue weighted by Crippen LogP contribution is 2.12. The molecule has 124 valence electrons. The molecule has 1 fully saturated rings. The maximum atomic E-state index is 12.0. The van der Waals surface area contributed by atoms with Gasteiger partial charge < -0.3 is 19.3 Å². The van der Waals surface area contributed by atoms with Gasteiger partial charge in [0.1, 0.15) is 5.75 Å². The highest BCUT2D eigenvalue weighted by molar-refractivity contribution is 5.81. The molecule has 0 aliphatic carbocycles. The minimum atomic E-state index is -0.419. The van der Waals surface area contributed by atoms with Crippen LogP contribution in [0.2, 0.25) is 0 Å². The molecule has 7 heteroatoms. The number of hydrogen-bond donors (Lipinski definition) is 0. The van der Waals surface area contributed by atoms with Crippen LogP contribution in [0.15, 0.2) is 30.3 Å². The monoisotopic (exact) mass is 320 g/mol. The molecule has 0 saturated carbocycles. The van der Waals surface area contributed by atoms with Gasteiger partial charge in [-0.2, -0.15) is 0 Å². The van der Waals surface area contributed by atoms with Crippen LogP contribution in [0.4, 0.5) is 4.79 Å². The van der Waals surface area contributed by atoms with Gasteiger partial charge in [0.15, 0.2) is 0 Å². The second kappa shape index (κ2) is 8.17. The van der Waals surface area contributed by atoms with Crippen molar-refractivity contribution in [2.45, 2.75) is 12.8 Å². The molecule has 1 aromatic rings. The number of piperazine rings is 1. The maximum absolute atomic E-state index is 12.0. The van der Waals surface area contributed by atoms with Crippen molar-refractivity contribution in [2.24, 2.45) is 0 Å². The molecule has 1 aromatic carbocycles. The van der Waals surface area contributed by atoms with E-state index >= 15 is 0 Å². The normalized spacial score (nSPS) is 14.3. The van der Waals surface area contributed by atoms with Gasteiger partial charge in [-0.15, -0.1) is 0 Å². The molecule has 1 aliphatic heterocycles. The van der Waals surface area contributed by atoms with Gasteiger partial charge >= 0.3 is 12.1 Å². The summed E-state index contributed by atoms with van der Waals surface area (Å²) in [6.07, 6.45) is -0.218. The fraction of sp³-hybridized carbons (Fsp3) is 0.438. The Bertz CT molecular complexity index is 553. The summed E-state index contributed by atoms with van der Waals surface area (Å²) in [4.78, 5) is 38.3. The fourth-order valence-electron chi connectivity index (χ4n) is 2.26. The zero-order valence-corrected chi connectivity index (χ0v) is 13.1. The molecule has 1 saturated heterocycles. The molecule has 0 unspecified atom stereocenters. The summed E-state index contributed by atoms with van der Waals surface area (Å²) in [7, 11) is 1.30. The number of amides is 2. The number of hydrogen-bond acceptors (Lipinski definition) is 5. The minimum Gasteiger partial charge on any atom is -0.469 e. The van der Waals surface area contributed by atoms with E-state index in [0.29, 0.717) is 31.9 Å². The Kier molecular flexibility index (Phi) is 5.96. The van der Waals surface area contributed by atoms with E-state index in [1.165, 1.54) is 7.11 Å². The van der Waals surface area contributed by atoms with Gasteiger partial charge in [-0.25, -0.2) is 4.79 Å². The first-order chi connectivity index (χ1) is 11.1. The summed E-state index contributed by atoms with van der Waals surface area (Å²) in [5.41, 5.74) is 0. The second-order valence-electron chi connectivity index (χ2n) is 5.12. The van der Waals surface area contributed by atoms with Crippen LogP contribution < -0.4 is 4.74 Å². The van der Waals surface area contributed by atoms with Crippen LogP contribution in [-0.4, -0.2) is 61.1 Å². The third-order valence-electron chi connectivity index (χ3n) is 3.61. The SMILES string of the molecule is COC(=O)CCC(=O)N1CCN(C(=O)Oc2ccccc2)CC1. The van der Waals surface area contributed by atoms with Crippen molar-refractivity contribution < 1.29 is 23.9 Å². The molecule has 0 radical (unpaired) electrons. The third kappa shape index (κ3) is 4.98. The van der Waals surface area contributed by atoms with Gasteiger partial charge in [0.05, 0.1) is 13.5 Å². The number of rotatable bonds is 4. The number of nitrogens with zero attached hydrogens (tertiary/aromatic N) is 2. The van der Waals surface area contributed by atoms with Crippen molar-refractivity contribution in [2.75, 3.05) is 33.3 Å². The number of carbonyl (C=O) groups excluding carboxylic acids is 3. The molecular weight excluding hydrogens is 300 g/mol. The summed E-state index contributed by atoms with van der Waals surface area (Å²) in [6.45, 7) is 1.69. The van der Waals surface area contributed by atoms with Crippen molar-refractivity contribution >= 4 is 18.0 Å². The Morgan fingerprint density at radius 3 is 2.17 bits per heavy atom. The maximum Gasteiger partial charge on any atom is 0.415 e. The van der Waals surface area contributed by atoms with Gasteiger partial charge in [0.25, 0.3) is 0 Å². The quantitative estimate of drug-likeness (QED) is 0.781. The highest BCUT2D eigenvalue weighted by atomic mass is 16.6. The number of carbonyl (C=O) groups is 3. The largest absolute Gasteiger partial charge is 0.469 e. The minimum absolute atomic E-state index is 0.0750. The number of para-hydroxylation sites is 1. The first-order valence-corrected chi connectivity index (χ1v) is 7.46. The average molecular weight is 320 g/mol. The first kappa shape index (κ1) is 16.8. The van der Waals surface area contributed by atoms with E-state index < -0.39 is 12.1 Å². The molecule has 0 N–H and O–H groups in total. The summed E-state index contributed by atoms with van der Waals surface area (Å²) in [6, 6.07) is 8.85. The second-order valence-corrected chi connectivity index (χ2v) is 5.12. The van der Waals surface area contributed by atoms with E-state index in [9.17, 15) is 14.4 Å².